The molecular weight excluding hydrogens is 1130 g/mol. The van der Waals surface area contributed by atoms with Crippen molar-refractivity contribution in [3.8, 4) is 0 Å². The number of hydrogen-bond acceptors (Lipinski definition) is 15. The average Bonchev–Trinajstić information content (AvgIpc) is 3.51. The summed E-state index contributed by atoms with van der Waals surface area (Å²) in [6, 6.07) is 0. The van der Waals surface area contributed by atoms with Crippen LogP contribution in [0.3, 0.4) is 0 Å². The van der Waals surface area contributed by atoms with Crippen LogP contribution in [0.2, 0.25) is 0 Å². The maximum Gasteiger partial charge on any atom is 0.472 e. The Morgan fingerprint density at radius 3 is 0.894 bits per heavy atom. The number of aliphatic hydroxyl groups excluding tert-OH is 1. The molecule has 0 radical (unpaired) electrons. The highest BCUT2D eigenvalue weighted by Crippen LogP contribution is 2.45. The summed E-state index contributed by atoms with van der Waals surface area (Å²) < 4.78 is 68.1. The van der Waals surface area contributed by atoms with Crippen LogP contribution in [0, 0.1) is 17.8 Å². The molecule has 3 N–H and O–H groups in total. The first-order chi connectivity index (χ1) is 40.8. The number of phosphoric ester groups is 2. The van der Waals surface area contributed by atoms with E-state index in [2.05, 4.69) is 48.5 Å². The Balaban J connectivity index is 5.26. The SMILES string of the molecule is CCCCCCCCCCCCC(=O)OC[C@H](COP(=O)(O)OC[C@H](O)COP(=O)(O)OC[C@@H](COC(=O)CCCCCCCCCCC(C)CC)OC(=O)CCCCCCCCCCCC(C)C)OC(=O)CCCCCCCCCCC(C)C. The second-order valence-corrected chi connectivity index (χ2v) is 28.0. The largest absolute Gasteiger partial charge is 0.472 e. The number of esters is 4. The van der Waals surface area contributed by atoms with Crippen molar-refractivity contribution >= 4 is 39.5 Å². The van der Waals surface area contributed by atoms with Crippen LogP contribution in [0.1, 0.15) is 325 Å². The van der Waals surface area contributed by atoms with Gasteiger partial charge in [-0.25, -0.2) is 9.13 Å². The molecule has 19 heteroatoms. The van der Waals surface area contributed by atoms with Crippen LogP contribution in [0.25, 0.3) is 0 Å². The lowest BCUT2D eigenvalue weighted by Crippen LogP contribution is -2.30. The number of hydrogen-bond donors (Lipinski definition) is 3. The smallest absolute Gasteiger partial charge is 0.462 e. The fraction of sp³-hybridized carbons (Fsp3) is 0.939. The van der Waals surface area contributed by atoms with Gasteiger partial charge < -0.3 is 33.8 Å². The van der Waals surface area contributed by atoms with E-state index in [0.717, 1.165) is 108 Å². The summed E-state index contributed by atoms with van der Waals surface area (Å²) in [4.78, 5) is 72.3. The molecule has 0 aromatic rings. The van der Waals surface area contributed by atoms with Crippen molar-refractivity contribution < 1.29 is 80.2 Å². The molecule has 0 saturated heterocycles. The number of ether oxygens (including phenoxy) is 4. The maximum atomic E-state index is 13.0. The lowest BCUT2D eigenvalue weighted by Gasteiger charge is -2.21. The molecule has 0 amide bonds. The Morgan fingerprint density at radius 1 is 0.341 bits per heavy atom. The first kappa shape index (κ1) is 83.1. The van der Waals surface area contributed by atoms with Gasteiger partial charge in [0, 0.05) is 25.7 Å². The van der Waals surface area contributed by atoms with Crippen LogP contribution in [-0.4, -0.2) is 96.7 Å². The van der Waals surface area contributed by atoms with Crippen molar-refractivity contribution in [3.05, 3.63) is 0 Å². The highest BCUT2D eigenvalue weighted by molar-refractivity contribution is 7.47. The molecule has 0 bridgehead atoms. The van der Waals surface area contributed by atoms with Gasteiger partial charge >= 0.3 is 39.5 Å². The second kappa shape index (κ2) is 57.2. The Morgan fingerprint density at radius 2 is 0.600 bits per heavy atom. The Labute approximate surface area is 517 Å². The number of unbranched alkanes of at least 4 members (excludes halogenated alkanes) is 31. The van der Waals surface area contributed by atoms with E-state index in [1.54, 1.807) is 0 Å². The molecule has 0 aliphatic heterocycles. The van der Waals surface area contributed by atoms with Gasteiger partial charge in [0.25, 0.3) is 0 Å². The monoisotopic (exact) mass is 1250 g/mol. The normalized spacial score (nSPS) is 14.6. The highest BCUT2D eigenvalue weighted by atomic mass is 31.2. The van der Waals surface area contributed by atoms with Gasteiger partial charge in [-0.15, -0.1) is 0 Å². The van der Waals surface area contributed by atoms with E-state index < -0.39 is 97.5 Å². The fourth-order valence-electron chi connectivity index (χ4n) is 9.80. The zero-order valence-electron chi connectivity index (χ0n) is 55.1. The van der Waals surface area contributed by atoms with Crippen molar-refractivity contribution in [3.63, 3.8) is 0 Å². The van der Waals surface area contributed by atoms with Crippen molar-refractivity contribution in [2.75, 3.05) is 39.6 Å². The van der Waals surface area contributed by atoms with E-state index in [-0.39, 0.29) is 25.7 Å². The zero-order chi connectivity index (χ0) is 63.1. The van der Waals surface area contributed by atoms with Gasteiger partial charge in [0.2, 0.25) is 0 Å². The predicted octanol–water partition coefficient (Wildman–Crippen LogP) is 18.3. The van der Waals surface area contributed by atoms with Crippen LogP contribution in [-0.2, 0) is 65.4 Å². The molecule has 504 valence electrons. The summed E-state index contributed by atoms with van der Waals surface area (Å²) in [6.45, 7) is 11.7. The Kier molecular flexibility index (Phi) is 55.9. The van der Waals surface area contributed by atoms with Gasteiger partial charge in [-0.3, -0.25) is 37.3 Å². The third-order valence-electron chi connectivity index (χ3n) is 15.5. The van der Waals surface area contributed by atoms with Crippen molar-refractivity contribution in [2.24, 2.45) is 17.8 Å². The van der Waals surface area contributed by atoms with Gasteiger partial charge in [0.15, 0.2) is 12.2 Å². The molecule has 3 unspecified atom stereocenters. The molecule has 0 aliphatic rings. The number of carbonyl (C=O) groups is 4. The van der Waals surface area contributed by atoms with E-state index >= 15 is 0 Å². The molecule has 0 saturated carbocycles. The molecule has 0 fully saturated rings. The summed E-state index contributed by atoms with van der Waals surface area (Å²) in [5.74, 6) is 0.0980. The lowest BCUT2D eigenvalue weighted by molar-refractivity contribution is -0.161. The summed E-state index contributed by atoms with van der Waals surface area (Å²) in [6.07, 6.45) is 38.9. The van der Waals surface area contributed by atoms with Crippen LogP contribution < -0.4 is 0 Å². The molecule has 85 heavy (non-hydrogen) atoms. The van der Waals surface area contributed by atoms with Crippen molar-refractivity contribution in [2.45, 2.75) is 343 Å². The average molecular weight is 1260 g/mol. The summed E-state index contributed by atoms with van der Waals surface area (Å²) >= 11 is 0. The van der Waals surface area contributed by atoms with Gasteiger partial charge in [0.05, 0.1) is 26.4 Å². The number of aliphatic hydroxyl groups is 1. The van der Waals surface area contributed by atoms with E-state index in [9.17, 15) is 43.2 Å². The topological polar surface area (TPSA) is 237 Å². The minimum atomic E-state index is -4.95. The molecule has 0 aliphatic carbocycles. The molecule has 17 nitrogen and oxygen atoms in total. The van der Waals surface area contributed by atoms with Gasteiger partial charge in [0.1, 0.15) is 19.3 Å². The molecule has 0 aromatic heterocycles. The van der Waals surface area contributed by atoms with Gasteiger partial charge in [-0.05, 0) is 43.4 Å². The molecule has 0 spiro atoms. The number of phosphoric acid groups is 2. The third kappa shape index (κ3) is 59.5. The first-order valence-corrected chi connectivity index (χ1v) is 37.4. The lowest BCUT2D eigenvalue weighted by atomic mass is 9.99. The molecule has 6 atom stereocenters. The molecule has 0 aromatic carbocycles. The van der Waals surface area contributed by atoms with Crippen LogP contribution >= 0.6 is 15.6 Å². The van der Waals surface area contributed by atoms with Crippen LogP contribution in [0.4, 0.5) is 0 Å². The maximum absolute atomic E-state index is 13.0. The Bertz CT molecular complexity index is 1680. The summed E-state index contributed by atoms with van der Waals surface area (Å²) in [5, 5.41) is 10.6. The standard InChI is InChI=1S/C66H128O17P2/c1-8-10-11-12-13-14-17-26-33-40-47-63(68)76-53-62(83-66(71)50-43-36-29-21-19-24-31-38-45-58(5)6)56-81-85(74,75)79-52-60(67)51-78-84(72,73)80-55-61(82-65(70)49-42-35-28-18-15-16-23-30-37-44-57(3)4)54-77-64(69)48-41-34-27-22-20-25-32-39-46-59(7)9-2/h57-62,67H,8-56H2,1-7H3,(H,72,73)(H,74,75)/t59?,60-,61-,62-/m1/s1. The summed E-state index contributed by atoms with van der Waals surface area (Å²) in [5.41, 5.74) is 0. The zero-order valence-corrected chi connectivity index (χ0v) is 56.9. The number of rotatable bonds is 64. The van der Waals surface area contributed by atoms with Crippen LogP contribution in [0.15, 0.2) is 0 Å². The summed E-state index contributed by atoms with van der Waals surface area (Å²) in [7, 11) is -9.89. The third-order valence-corrected chi connectivity index (χ3v) is 17.4. The Hall–Kier alpha value is -1.94. The van der Waals surface area contributed by atoms with E-state index in [0.29, 0.717) is 25.7 Å². The molecular formula is C66H128O17P2. The first-order valence-electron chi connectivity index (χ1n) is 34.4. The fourth-order valence-corrected chi connectivity index (χ4v) is 11.4. The van der Waals surface area contributed by atoms with Crippen LogP contribution in [0.5, 0.6) is 0 Å². The minimum absolute atomic E-state index is 0.104. The second-order valence-electron chi connectivity index (χ2n) is 25.1. The van der Waals surface area contributed by atoms with Crippen molar-refractivity contribution in [1.82, 2.24) is 0 Å². The molecule has 0 heterocycles. The van der Waals surface area contributed by atoms with E-state index in [4.69, 9.17) is 37.0 Å². The quantitative estimate of drug-likeness (QED) is 0.0222. The van der Waals surface area contributed by atoms with Gasteiger partial charge in [-0.2, -0.15) is 0 Å². The van der Waals surface area contributed by atoms with E-state index in [1.807, 2.05) is 0 Å². The molecule has 0 rings (SSSR count). The number of carbonyl (C=O) groups excluding carboxylic acids is 4. The van der Waals surface area contributed by atoms with Gasteiger partial charge in [-0.1, -0.05) is 273 Å². The minimum Gasteiger partial charge on any atom is -0.462 e. The van der Waals surface area contributed by atoms with Crippen molar-refractivity contribution in [1.29, 1.82) is 0 Å². The predicted molar refractivity (Wildman–Crippen MR) is 340 cm³/mol. The van der Waals surface area contributed by atoms with E-state index in [1.165, 1.54) is 135 Å². The highest BCUT2D eigenvalue weighted by Gasteiger charge is 2.30.